The van der Waals surface area contributed by atoms with E-state index in [1.165, 1.54) is 23.0 Å². The van der Waals surface area contributed by atoms with Crippen LogP contribution < -0.4 is 10.9 Å². The number of para-hydroxylation sites is 1. The minimum Gasteiger partial charge on any atom is -0.324 e. The highest BCUT2D eigenvalue weighted by Gasteiger charge is 2.13. The monoisotopic (exact) mass is 391 g/mol. The van der Waals surface area contributed by atoms with Crippen LogP contribution in [0.2, 0.25) is 0 Å². The van der Waals surface area contributed by atoms with Crippen LogP contribution in [0.4, 0.5) is 10.1 Å². The number of carbonyl (C=O) groups is 1. The number of carbonyl (C=O) groups excluding carboxylic acids is 1. The lowest BCUT2D eigenvalue weighted by Crippen LogP contribution is -2.30. The van der Waals surface area contributed by atoms with E-state index in [-0.39, 0.29) is 23.8 Å². The van der Waals surface area contributed by atoms with Gasteiger partial charge in [0.1, 0.15) is 24.2 Å². The van der Waals surface area contributed by atoms with Crippen molar-refractivity contribution in [2.75, 3.05) is 5.32 Å². The van der Waals surface area contributed by atoms with Crippen molar-refractivity contribution in [1.82, 2.24) is 19.4 Å². The third kappa shape index (κ3) is 3.64. The molecule has 0 aliphatic carbocycles. The Hall–Kier alpha value is -3.81. The van der Waals surface area contributed by atoms with E-state index in [0.717, 1.165) is 21.5 Å². The van der Waals surface area contributed by atoms with Gasteiger partial charge < -0.3 is 5.32 Å². The molecule has 2 aromatic carbocycles. The van der Waals surface area contributed by atoms with E-state index in [2.05, 4.69) is 15.5 Å². The minimum atomic E-state index is -0.440. The Bertz CT molecular complexity index is 1250. The Kier molecular flexibility index (Phi) is 4.67. The molecule has 0 fully saturated rings. The highest BCUT2D eigenvalue weighted by molar-refractivity contribution is 5.92. The smallest absolute Gasteiger partial charge is 0.293 e. The standard InChI is InChI=1S/C21H18FN5O2/c1-13-4-3-5-14(2)20(13)24-19(28)11-26-21(29)18-10-17(25-27(18)12-23-26)15-6-8-16(22)9-7-15/h3-10,12H,11H2,1-2H3,(H,24,28). The zero-order chi connectivity index (χ0) is 20.5. The minimum absolute atomic E-state index is 0.222. The molecular formula is C21H18FN5O2. The molecular weight excluding hydrogens is 373 g/mol. The number of anilines is 1. The van der Waals surface area contributed by atoms with Crippen LogP contribution in [0, 0.1) is 19.7 Å². The molecule has 4 rings (SSSR count). The highest BCUT2D eigenvalue weighted by Crippen LogP contribution is 2.20. The van der Waals surface area contributed by atoms with Gasteiger partial charge in [-0.15, -0.1) is 0 Å². The van der Waals surface area contributed by atoms with Crippen molar-refractivity contribution in [3.63, 3.8) is 0 Å². The van der Waals surface area contributed by atoms with Crippen molar-refractivity contribution >= 4 is 17.1 Å². The quantitative estimate of drug-likeness (QED) is 0.580. The molecule has 0 unspecified atom stereocenters. The zero-order valence-electron chi connectivity index (χ0n) is 15.9. The summed E-state index contributed by atoms with van der Waals surface area (Å²) >= 11 is 0. The number of rotatable bonds is 4. The van der Waals surface area contributed by atoms with Gasteiger partial charge in [0.2, 0.25) is 5.91 Å². The molecule has 0 saturated heterocycles. The lowest BCUT2D eigenvalue weighted by molar-refractivity contribution is -0.117. The van der Waals surface area contributed by atoms with Crippen LogP contribution in [0.5, 0.6) is 0 Å². The van der Waals surface area contributed by atoms with E-state index in [1.54, 1.807) is 18.2 Å². The highest BCUT2D eigenvalue weighted by atomic mass is 19.1. The summed E-state index contributed by atoms with van der Waals surface area (Å²) in [7, 11) is 0. The molecule has 0 spiro atoms. The number of benzene rings is 2. The molecule has 0 aliphatic rings. The largest absolute Gasteiger partial charge is 0.324 e. The van der Waals surface area contributed by atoms with Crippen LogP contribution >= 0.6 is 0 Å². The van der Waals surface area contributed by atoms with E-state index >= 15 is 0 Å². The second-order valence-corrected chi connectivity index (χ2v) is 6.78. The Morgan fingerprint density at radius 1 is 1.10 bits per heavy atom. The molecule has 8 heteroatoms. The molecule has 0 radical (unpaired) electrons. The maximum Gasteiger partial charge on any atom is 0.293 e. The van der Waals surface area contributed by atoms with Gasteiger partial charge in [0.15, 0.2) is 0 Å². The van der Waals surface area contributed by atoms with Gasteiger partial charge >= 0.3 is 0 Å². The summed E-state index contributed by atoms with van der Waals surface area (Å²) in [6, 6.07) is 13.1. The summed E-state index contributed by atoms with van der Waals surface area (Å²) in [5, 5.41) is 11.2. The molecule has 0 bridgehead atoms. The predicted molar refractivity (Wildman–Crippen MR) is 107 cm³/mol. The van der Waals surface area contributed by atoms with Gasteiger partial charge in [-0.2, -0.15) is 10.2 Å². The summed E-state index contributed by atoms with van der Waals surface area (Å²) < 4.78 is 15.6. The van der Waals surface area contributed by atoms with Crippen LogP contribution in [-0.2, 0) is 11.3 Å². The topological polar surface area (TPSA) is 81.3 Å². The summed E-state index contributed by atoms with van der Waals surface area (Å²) in [6.07, 6.45) is 1.37. The fourth-order valence-corrected chi connectivity index (χ4v) is 3.14. The SMILES string of the molecule is Cc1cccc(C)c1NC(=O)Cn1ncn2nc(-c3ccc(F)cc3)cc2c1=O. The van der Waals surface area contributed by atoms with E-state index < -0.39 is 5.56 Å². The third-order valence-electron chi connectivity index (χ3n) is 4.67. The second-order valence-electron chi connectivity index (χ2n) is 6.78. The van der Waals surface area contributed by atoms with Crippen LogP contribution in [0.1, 0.15) is 11.1 Å². The Balaban J connectivity index is 1.61. The maximum atomic E-state index is 13.1. The first kappa shape index (κ1) is 18.5. The Labute approximate surface area is 165 Å². The first-order chi connectivity index (χ1) is 13.9. The van der Waals surface area contributed by atoms with Gasteiger partial charge in [-0.05, 0) is 55.3 Å². The molecule has 0 aliphatic heterocycles. The average molecular weight is 391 g/mol. The van der Waals surface area contributed by atoms with Crippen LogP contribution in [-0.4, -0.2) is 25.3 Å². The van der Waals surface area contributed by atoms with E-state index in [9.17, 15) is 14.0 Å². The van der Waals surface area contributed by atoms with Crippen LogP contribution in [0.25, 0.3) is 16.8 Å². The van der Waals surface area contributed by atoms with Crippen molar-refractivity contribution < 1.29 is 9.18 Å². The number of nitrogens with one attached hydrogen (secondary N) is 1. The number of hydrogen-bond donors (Lipinski definition) is 1. The van der Waals surface area contributed by atoms with Crippen molar-refractivity contribution in [2.24, 2.45) is 0 Å². The number of nitrogens with zero attached hydrogens (tertiary/aromatic N) is 4. The fourth-order valence-electron chi connectivity index (χ4n) is 3.14. The van der Waals surface area contributed by atoms with Crippen molar-refractivity contribution in [3.05, 3.63) is 82.2 Å². The number of aromatic nitrogens is 4. The van der Waals surface area contributed by atoms with Crippen molar-refractivity contribution in [1.29, 1.82) is 0 Å². The van der Waals surface area contributed by atoms with E-state index in [4.69, 9.17) is 0 Å². The van der Waals surface area contributed by atoms with Gasteiger partial charge in [-0.3, -0.25) is 9.59 Å². The summed E-state index contributed by atoms with van der Waals surface area (Å²) in [5.74, 6) is -0.698. The van der Waals surface area contributed by atoms with Gasteiger partial charge in [0.05, 0.1) is 5.69 Å². The molecule has 1 amide bonds. The molecule has 0 atom stereocenters. The van der Waals surface area contributed by atoms with Crippen LogP contribution in [0.15, 0.2) is 59.7 Å². The Morgan fingerprint density at radius 2 is 1.79 bits per heavy atom. The molecule has 29 heavy (non-hydrogen) atoms. The van der Waals surface area contributed by atoms with Gasteiger partial charge in [0.25, 0.3) is 5.56 Å². The lowest BCUT2D eigenvalue weighted by Gasteiger charge is -2.11. The summed E-state index contributed by atoms with van der Waals surface area (Å²) in [5.41, 5.74) is 3.64. The lowest BCUT2D eigenvalue weighted by atomic mass is 10.1. The average Bonchev–Trinajstić information content (AvgIpc) is 3.13. The molecule has 146 valence electrons. The van der Waals surface area contributed by atoms with E-state index in [1.807, 2.05) is 32.0 Å². The van der Waals surface area contributed by atoms with Crippen LogP contribution in [0.3, 0.4) is 0 Å². The number of aryl methyl sites for hydroxylation is 2. The summed E-state index contributed by atoms with van der Waals surface area (Å²) in [4.78, 5) is 25.2. The second kappa shape index (κ2) is 7.31. The number of amides is 1. The number of halogens is 1. The van der Waals surface area contributed by atoms with Gasteiger partial charge in [-0.1, -0.05) is 18.2 Å². The zero-order valence-corrected chi connectivity index (χ0v) is 15.9. The third-order valence-corrected chi connectivity index (χ3v) is 4.67. The fraction of sp³-hybridized carbons (Fsp3) is 0.143. The predicted octanol–water partition coefficient (Wildman–Crippen LogP) is 2.95. The number of hydrogen-bond acceptors (Lipinski definition) is 4. The van der Waals surface area contributed by atoms with Crippen molar-refractivity contribution in [3.8, 4) is 11.3 Å². The number of fused-ring (bicyclic) bond motifs is 1. The van der Waals surface area contributed by atoms with Crippen molar-refractivity contribution in [2.45, 2.75) is 20.4 Å². The molecule has 0 saturated carbocycles. The molecule has 4 aromatic rings. The maximum absolute atomic E-state index is 13.1. The first-order valence-electron chi connectivity index (χ1n) is 9.00. The molecule has 2 heterocycles. The first-order valence-corrected chi connectivity index (χ1v) is 9.00. The molecule has 2 aromatic heterocycles. The Morgan fingerprint density at radius 3 is 2.48 bits per heavy atom. The molecule has 1 N–H and O–H groups in total. The molecule has 7 nitrogen and oxygen atoms in total. The van der Waals surface area contributed by atoms with Gasteiger partial charge in [0, 0.05) is 11.3 Å². The summed E-state index contributed by atoms with van der Waals surface area (Å²) in [6.45, 7) is 3.59. The van der Waals surface area contributed by atoms with Gasteiger partial charge in [-0.25, -0.2) is 13.6 Å². The normalized spacial score (nSPS) is 11.0. The van der Waals surface area contributed by atoms with E-state index in [0.29, 0.717) is 11.3 Å².